The molecule has 100 valence electrons. The van der Waals surface area contributed by atoms with Crippen molar-refractivity contribution >= 4 is 11.6 Å². The van der Waals surface area contributed by atoms with E-state index in [2.05, 4.69) is 26.1 Å². The van der Waals surface area contributed by atoms with E-state index >= 15 is 0 Å². The lowest BCUT2D eigenvalue weighted by atomic mass is 9.90. The van der Waals surface area contributed by atoms with Crippen molar-refractivity contribution in [3.8, 4) is 0 Å². The summed E-state index contributed by atoms with van der Waals surface area (Å²) in [4.78, 5) is 11.7. The molecule has 0 saturated carbocycles. The highest BCUT2D eigenvalue weighted by Gasteiger charge is 2.15. The monoisotopic (exact) mass is 248 g/mol. The highest BCUT2D eigenvalue weighted by atomic mass is 16.1. The first-order chi connectivity index (χ1) is 8.43. The van der Waals surface area contributed by atoms with Gasteiger partial charge in [0.15, 0.2) is 0 Å². The first-order valence-electron chi connectivity index (χ1n) is 6.54. The quantitative estimate of drug-likeness (QED) is 0.761. The lowest BCUT2D eigenvalue weighted by molar-refractivity contribution is -0.121. The lowest BCUT2D eigenvalue weighted by Crippen LogP contribution is -2.33. The first-order valence-corrected chi connectivity index (χ1v) is 6.54. The van der Waals surface area contributed by atoms with Crippen LogP contribution in [0, 0.1) is 5.41 Å². The summed E-state index contributed by atoms with van der Waals surface area (Å²) in [5, 5.41) is 2.99. The van der Waals surface area contributed by atoms with E-state index in [4.69, 9.17) is 5.73 Å². The minimum absolute atomic E-state index is 0.110. The van der Waals surface area contributed by atoms with E-state index in [0.29, 0.717) is 6.42 Å². The number of nitrogen functional groups attached to an aromatic ring is 1. The van der Waals surface area contributed by atoms with Crippen LogP contribution in [0.5, 0.6) is 0 Å². The number of carbonyl (C=O) groups is 1. The smallest absolute Gasteiger partial charge is 0.220 e. The van der Waals surface area contributed by atoms with Gasteiger partial charge in [-0.2, -0.15) is 0 Å². The average Bonchev–Trinajstić information content (AvgIpc) is 2.34. The minimum atomic E-state index is 0.110. The van der Waals surface area contributed by atoms with Gasteiger partial charge in [-0.1, -0.05) is 32.9 Å². The van der Waals surface area contributed by atoms with E-state index in [1.54, 1.807) is 0 Å². The summed E-state index contributed by atoms with van der Waals surface area (Å²) in [5.74, 6) is 0.110. The first kappa shape index (κ1) is 14.6. The molecule has 3 nitrogen and oxygen atoms in total. The van der Waals surface area contributed by atoms with Gasteiger partial charge in [-0.15, -0.1) is 0 Å². The van der Waals surface area contributed by atoms with E-state index in [1.807, 2.05) is 24.3 Å². The second-order valence-corrected chi connectivity index (χ2v) is 5.54. The predicted octanol–water partition coefficient (Wildman–Crippen LogP) is 2.75. The van der Waals surface area contributed by atoms with Crippen molar-refractivity contribution in [1.82, 2.24) is 5.32 Å². The SMILES string of the molecule is CCC(C)(C)CNC(=O)CCc1cccc(N)c1. The van der Waals surface area contributed by atoms with Gasteiger partial charge in [-0.05, 0) is 36.0 Å². The minimum Gasteiger partial charge on any atom is -0.399 e. The molecule has 0 aromatic heterocycles. The number of benzene rings is 1. The Balaban J connectivity index is 2.34. The number of amides is 1. The fourth-order valence-corrected chi connectivity index (χ4v) is 1.56. The van der Waals surface area contributed by atoms with Gasteiger partial charge < -0.3 is 11.1 Å². The van der Waals surface area contributed by atoms with Gasteiger partial charge in [0.25, 0.3) is 0 Å². The number of nitrogens with one attached hydrogen (secondary N) is 1. The Morgan fingerprint density at radius 2 is 2.11 bits per heavy atom. The van der Waals surface area contributed by atoms with Crippen LogP contribution in [0.25, 0.3) is 0 Å². The van der Waals surface area contributed by atoms with E-state index in [-0.39, 0.29) is 11.3 Å². The van der Waals surface area contributed by atoms with Gasteiger partial charge in [-0.25, -0.2) is 0 Å². The number of rotatable bonds is 6. The second-order valence-electron chi connectivity index (χ2n) is 5.54. The summed E-state index contributed by atoms with van der Waals surface area (Å²) >= 11 is 0. The number of anilines is 1. The standard InChI is InChI=1S/C15H24N2O/c1-4-15(2,3)11-17-14(18)9-8-12-6-5-7-13(16)10-12/h5-7,10H,4,8-9,11,16H2,1-3H3,(H,17,18). The Bertz CT molecular complexity index is 399. The predicted molar refractivity (Wildman–Crippen MR) is 76.3 cm³/mol. The number of carbonyl (C=O) groups excluding carboxylic acids is 1. The highest BCUT2D eigenvalue weighted by molar-refractivity contribution is 5.76. The summed E-state index contributed by atoms with van der Waals surface area (Å²) in [6.45, 7) is 7.19. The van der Waals surface area contributed by atoms with E-state index < -0.39 is 0 Å². The molecule has 0 radical (unpaired) electrons. The zero-order valence-corrected chi connectivity index (χ0v) is 11.6. The second kappa shape index (κ2) is 6.43. The van der Waals surface area contributed by atoms with Crippen molar-refractivity contribution in [3.63, 3.8) is 0 Å². The maximum Gasteiger partial charge on any atom is 0.220 e. The van der Waals surface area contributed by atoms with E-state index in [9.17, 15) is 4.79 Å². The van der Waals surface area contributed by atoms with Crippen LogP contribution in [0.15, 0.2) is 24.3 Å². The molecule has 0 bridgehead atoms. The molecule has 0 aliphatic carbocycles. The molecular weight excluding hydrogens is 224 g/mol. The van der Waals surface area contributed by atoms with Crippen LogP contribution in [0.3, 0.4) is 0 Å². The maximum atomic E-state index is 11.7. The maximum absolute atomic E-state index is 11.7. The van der Waals surface area contributed by atoms with Crippen molar-refractivity contribution in [1.29, 1.82) is 0 Å². The fourth-order valence-electron chi connectivity index (χ4n) is 1.56. The Hall–Kier alpha value is -1.51. The topological polar surface area (TPSA) is 55.1 Å². The van der Waals surface area contributed by atoms with Crippen LogP contribution in [0.2, 0.25) is 0 Å². The third-order valence-electron chi connectivity index (χ3n) is 3.31. The molecule has 0 aliphatic rings. The molecule has 18 heavy (non-hydrogen) atoms. The fraction of sp³-hybridized carbons (Fsp3) is 0.533. The molecule has 3 N–H and O–H groups in total. The van der Waals surface area contributed by atoms with Crippen LogP contribution in [-0.4, -0.2) is 12.5 Å². The largest absolute Gasteiger partial charge is 0.399 e. The molecule has 0 atom stereocenters. The highest BCUT2D eigenvalue weighted by Crippen LogP contribution is 2.17. The molecule has 3 heteroatoms. The molecule has 0 saturated heterocycles. The molecule has 1 aromatic carbocycles. The third-order valence-corrected chi connectivity index (χ3v) is 3.31. The number of nitrogens with two attached hydrogens (primary N) is 1. The molecule has 0 unspecified atom stereocenters. The normalized spacial score (nSPS) is 11.3. The summed E-state index contributed by atoms with van der Waals surface area (Å²) < 4.78 is 0. The number of aryl methyl sites for hydroxylation is 1. The summed E-state index contributed by atoms with van der Waals surface area (Å²) in [6, 6.07) is 7.69. The lowest BCUT2D eigenvalue weighted by Gasteiger charge is -2.22. The summed E-state index contributed by atoms with van der Waals surface area (Å²) in [7, 11) is 0. The number of hydrogen-bond donors (Lipinski definition) is 2. The Morgan fingerprint density at radius 3 is 2.72 bits per heavy atom. The summed E-state index contributed by atoms with van der Waals surface area (Å²) in [5.41, 5.74) is 7.73. The Labute approximate surface area is 110 Å². The molecule has 1 rings (SSSR count). The van der Waals surface area contributed by atoms with E-state index in [0.717, 1.165) is 30.6 Å². The van der Waals surface area contributed by atoms with Gasteiger partial charge in [0, 0.05) is 18.7 Å². The van der Waals surface area contributed by atoms with Gasteiger partial charge in [0.05, 0.1) is 0 Å². The Morgan fingerprint density at radius 1 is 1.39 bits per heavy atom. The van der Waals surface area contributed by atoms with Crippen molar-refractivity contribution in [2.75, 3.05) is 12.3 Å². The molecule has 0 fully saturated rings. The molecule has 0 aliphatic heterocycles. The molecular formula is C15H24N2O. The van der Waals surface area contributed by atoms with Crippen LogP contribution in [0.1, 0.15) is 39.2 Å². The molecule has 1 amide bonds. The van der Waals surface area contributed by atoms with Gasteiger partial charge in [0.2, 0.25) is 5.91 Å². The summed E-state index contributed by atoms with van der Waals surface area (Å²) in [6.07, 6.45) is 2.31. The van der Waals surface area contributed by atoms with Crippen molar-refractivity contribution in [2.24, 2.45) is 5.41 Å². The Kier molecular flexibility index (Phi) is 5.20. The van der Waals surface area contributed by atoms with Gasteiger partial charge >= 0.3 is 0 Å². The van der Waals surface area contributed by atoms with Crippen molar-refractivity contribution in [2.45, 2.75) is 40.0 Å². The van der Waals surface area contributed by atoms with Crippen molar-refractivity contribution in [3.05, 3.63) is 29.8 Å². The van der Waals surface area contributed by atoms with Gasteiger partial charge in [0.1, 0.15) is 0 Å². The van der Waals surface area contributed by atoms with Gasteiger partial charge in [-0.3, -0.25) is 4.79 Å². The third kappa shape index (κ3) is 5.21. The average molecular weight is 248 g/mol. The molecule has 1 aromatic rings. The zero-order valence-electron chi connectivity index (χ0n) is 11.6. The van der Waals surface area contributed by atoms with Crippen molar-refractivity contribution < 1.29 is 4.79 Å². The van der Waals surface area contributed by atoms with Crippen LogP contribution >= 0.6 is 0 Å². The van der Waals surface area contributed by atoms with Crippen LogP contribution in [-0.2, 0) is 11.2 Å². The zero-order chi connectivity index (χ0) is 13.6. The molecule has 0 spiro atoms. The number of hydrogen-bond acceptors (Lipinski definition) is 2. The van der Waals surface area contributed by atoms with Crippen LogP contribution < -0.4 is 11.1 Å². The molecule has 0 heterocycles. The van der Waals surface area contributed by atoms with E-state index in [1.165, 1.54) is 0 Å². The van der Waals surface area contributed by atoms with Crippen LogP contribution in [0.4, 0.5) is 5.69 Å².